The molecule has 1 saturated carbocycles. The highest BCUT2D eigenvalue weighted by Gasteiger charge is 2.39. The predicted molar refractivity (Wildman–Crippen MR) is 77.3 cm³/mol. The summed E-state index contributed by atoms with van der Waals surface area (Å²) in [7, 11) is 0. The number of rotatable bonds is 2. The molecule has 5 nitrogen and oxygen atoms in total. The van der Waals surface area contributed by atoms with E-state index in [4.69, 9.17) is 5.26 Å². The lowest BCUT2D eigenvalue weighted by atomic mass is 10.1. The first-order chi connectivity index (χ1) is 9.67. The summed E-state index contributed by atoms with van der Waals surface area (Å²) < 4.78 is 0. The molecule has 0 aromatic carbocycles. The van der Waals surface area contributed by atoms with Gasteiger partial charge in [0.05, 0.1) is 12.4 Å². The molecule has 1 aromatic rings. The zero-order valence-corrected chi connectivity index (χ0v) is 12.2. The zero-order chi connectivity index (χ0) is 14.1. The van der Waals surface area contributed by atoms with Crippen molar-refractivity contribution in [1.82, 2.24) is 14.9 Å². The van der Waals surface area contributed by atoms with E-state index in [1.807, 2.05) is 0 Å². The SMILES string of the molecule is C[C@@H]1CN(c2cncc(C#N)n2)CCN([C@@H]2C[C@H]2C)C1. The summed E-state index contributed by atoms with van der Waals surface area (Å²) in [6.45, 7) is 8.83. The molecule has 1 saturated heterocycles. The van der Waals surface area contributed by atoms with Gasteiger partial charge in [0.1, 0.15) is 11.9 Å². The Labute approximate surface area is 120 Å². The van der Waals surface area contributed by atoms with E-state index in [2.05, 4.69) is 39.7 Å². The summed E-state index contributed by atoms with van der Waals surface area (Å²) in [6.07, 6.45) is 4.63. The number of anilines is 1. The summed E-state index contributed by atoms with van der Waals surface area (Å²) in [4.78, 5) is 13.4. The minimum absolute atomic E-state index is 0.395. The van der Waals surface area contributed by atoms with Gasteiger partial charge in [-0.2, -0.15) is 5.26 Å². The fraction of sp³-hybridized carbons (Fsp3) is 0.667. The summed E-state index contributed by atoms with van der Waals surface area (Å²) in [5.41, 5.74) is 0.395. The maximum absolute atomic E-state index is 8.94. The standard InChI is InChI=1S/C15H21N5/c1-11-9-19(14-5-12(14)2)3-4-20(10-11)15-8-17-7-13(6-16)18-15/h7-8,11-12,14H,3-5,9-10H2,1-2H3/t11-,12+,14+/m0/s1. The van der Waals surface area contributed by atoms with Crippen LogP contribution in [0, 0.1) is 23.2 Å². The molecule has 0 unspecified atom stereocenters. The van der Waals surface area contributed by atoms with E-state index in [-0.39, 0.29) is 0 Å². The highest BCUT2D eigenvalue weighted by atomic mass is 15.3. The molecule has 0 spiro atoms. The molecule has 0 amide bonds. The molecule has 1 aliphatic carbocycles. The van der Waals surface area contributed by atoms with Crippen molar-refractivity contribution in [1.29, 1.82) is 5.26 Å². The molecule has 1 aliphatic heterocycles. The van der Waals surface area contributed by atoms with Crippen molar-refractivity contribution in [2.75, 3.05) is 31.1 Å². The Morgan fingerprint density at radius 1 is 1.25 bits per heavy atom. The molecule has 2 fully saturated rings. The van der Waals surface area contributed by atoms with Crippen LogP contribution in [0.2, 0.25) is 0 Å². The molecule has 3 rings (SSSR count). The highest BCUT2D eigenvalue weighted by Crippen LogP contribution is 2.36. The quantitative estimate of drug-likeness (QED) is 0.816. The molecule has 1 aromatic heterocycles. The molecule has 0 bridgehead atoms. The van der Waals surface area contributed by atoms with Crippen LogP contribution < -0.4 is 4.90 Å². The summed E-state index contributed by atoms with van der Waals surface area (Å²) in [6, 6.07) is 2.85. The summed E-state index contributed by atoms with van der Waals surface area (Å²) >= 11 is 0. The van der Waals surface area contributed by atoms with Crippen molar-refractivity contribution in [2.45, 2.75) is 26.3 Å². The zero-order valence-electron chi connectivity index (χ0n) is 12.2. The molecule has 3 atom stereocenters. The van der Waals surface area contributed by atoms with Gasteiger partial charge in [0.15, 0.2) is 5.69 Å². The number of nitriles is 1. The highest BCUT2D eigenvalue weighted by molar-refractivity contribution is 5.38. The number of hydrogen-bond acceptors (Lipinski definition) is 5. The smallest absolute Gasteiger partial charge is 0.161 e. The molecule has 2 aliphatic rings. The lowest BCUT2D eigenvalue weighted by molar-refractivity contribution is 0.246. The minimum Gasteiger partial charge on any atom is -0.354 e. The Balaban J connectivity index is 1.72. The van der Waals surface area contributed by atoms with Crippen molar-refractivity contribution in [3.63, 3.8) is 0 Å². The van der Waals surface area contributed by atoms with Gasteiger partial charge >= 0.3 is 0 Å². The first kappa shape index (κ1) is 13.3. The van der Waals surface area contributed by atoms with Crippen LogP contribution in [0.25, 0.3) is 0 Å². The fourth-order valence-electron chi connectivity index (χ4n) is 3.15. The van der Waals surface area contributed by atoms with Crippen LogP contribution >= 0.6 is 0 Å². The molecule has 0 N–H and O–H groups in total. The van der Waals surface area contributed by atoms with Gasteiger partial charge in [-0.1, -0.05) is 13.8 Å². The average molecular weight is 271 g/mol. The van der Waals surface area contributed by atoms with Gasteiger partial charge in [0.25, 0.3) is 0 Å². The molecule has 20 heavy (non-hydrogen) atoms. The van der Waals surface area contributed by atoms with Crippen molar-refractivity contribution < 1.29 is 0 Å². The second-order valence-electron chi connectivity index (χ2n) is 6.20. The first-order valence-electron chi connectivity index (χ1n) is 7.38. The van der Waals surface area contributed by atoms with Crippen LogP contribution in [0.3, 0.4) is 0 Å². The van der Waals surface area contributed by atoms with Gasteiger partial charge < -0.3 is 4.90 Å². The van der Waals surface area contributed by atoms with Crippen LogP contribution in [0.15, 0.2) is 12.4 Å². The maximum atomic E-state index is 8.94. The Morgan fingerprint density at radius 2 is 2.05 bits per heavy atom. The Hall–Kier alpha value is -1.67. The third-order valence-electron chi connectivity index (χ3n) is 4.33. The van der Waals surface area contributed by atoms with Crippen LogP contribution in [0.4, 0.5) is 5.82 Å². The second kappa shape index (κ2) is 5.37. The van der Waals surface area contributed by atoms with Crippen LogP contribution in [0.5, 0.6) is 0 Å². The van der Waals surface area contributed by atoms with E-state index in [0.29, 0.717) is 11.6 Å². The van der Waals surface area contributed by atoms with Gasteiger partial charge in [0, 0.05) is 32.2 Å². The van der Waals surface area contributed by atoms with Crippen molar-refractivity contribution in [2.24, 2.45) is 11.8 Å². The predicted octanol–water partition coefficient (Wildman–Crippen LogP) is 1.51. The van der Waals surface area contributed by atoms with E-state index in [0.717, 1.165) is 44.0 Å². The van der Waals surface area contributed by atoms with E-state index in [9.17, 15) is 0 Å². The normalized spacial score (nSPS) is 30.6. The second-order valence-corrected chi connectivity index (χ2v) is 6.20. The lowest BCUT2D eigenvalue weighted by Gasteiger charge is -2.22. The number of hydrogen-bond donors (Lipinski definition) is 0. The third-order valence-corrected chi connectivity index (χ3v) is 4.33. The average Bonchev–Trinajstić information content (AvgIpc) is 3.21. The fourth-order valence-corrected chi connectivity index (χ4v) is 3.15. The molecular formula is C15H21N5. The Kier molecular flexibility index (Phi) is 3.58. The number of aromatic nitrogens is 2. The van der Waals surface area contributed by atoms with Crippen LogP contribution in [-0.2, 0) is 0 Å². The van der Waals surface area contributed by atoms with E-state index >= 15 is 0 Å². The molecule has 2 heterocycles. The van der Waals surface area contributed by atoms with Gasteiger partial charge in [-0.25, -0.2) is 4.98 Å². The third kappa shape index (κ3) is 2.75. The summed E-state index contributed by atoms with van der Waals surface area (Å²) in [5.74, 6) is 2.30. The number of nitrogens with zero attached hydrogens (tertiary/aromatic N) is 5. The van der Waals surface area contributed by atoms with Gasteiger partial charge in [-0.3, -0.25) is 9.88 Å². The maximum Gasteiger partial charge on any atom is 0.161 e. The van der Waals surface area contributed by atoms with Crippen LogP contribution in [0.1, 0.15) is 26.0 Å². The van der Waals surface area contributed by atoms with Gasteiger partial charge in [-0.05, 0) is 18.3 Å². The first-order valence-corrected chi connectivity index (χ1v) is 7.38. The lowest BCUT2D eigenvalue weighted by Crippen LogP contribution is -2.33. The van der Waals surface area contributed by atoms with Crippen molar-refractivity contribution in [3.05, 3.63) is 18.1 Å². The monoisotopic (exact) mass is 271 g/mol. The van der Waals surface area contributed by atoms with Crippen LogP contribution in [-0.4, -0.2) is 47.1 Å². The molecule has 106 valence electrons. The van der Waals surface area contributed by atoms with E-state index in [1.54, 1.807) is 6.20 Å². The van der Waals surface area contributed by atoms with E-state index in [1.165, 1.54) is 12.6 Å². The van der Waals surface area contributed by atoms with Crippen molar-refractivity contribution >= 4 is 5.82 Å². The Bertz CT molecular complexity index is 523. The minimum atomic E-state index is 0.395. The van der Waals surface area contributed by atoms with Gasteiger partial charge in [0.2, 0.25) is 0 Å². The Morgan fingerprint density at radius 3 is 2.75 bits per heavy atom. The molecule has 0 radical (unpaired) electrons. The van der Waals surface area contributed by atoms with Crippen molar-refractivity contribution in [3.8, 4) is 6.07 Å². The molecular weight excluding hydrogens is 250 g/mol. The topological polar surface area (TPSA) is 56.1 Å². The van der Waals surface area contributed by atoms with E-state index < -0.39 is 0 Å². The largest absolute Gasteiger partial charge is 0.354 e. The summed E-state index contributed by atoms with van der Waals surface area (Å²) in [5, 5.41) is 8.94. The molecule has 5 heteroatoms. The van der Waals surface area contributed by atoms with Gasteiger partial charge in [-0.15, -0.1) is 0 Å².